The van der Waals surface area contributed by atoms with E-state index in [-0.39, 0.29) is 36.6 Å². The molecule has 0 saturated heterocycles. The van der Waals surface area contributed by atoms with E-state index in [1.807, 2.05) is 0 Å². The van der Waals surface area contributed by atoms with Crippen molar-refractivity contribution in [2.75, 3.05) is 11.9 Å². The van der Waals surface area contributed by atoms with Gasteiger partial charge in [-0.2, -0.15) is 0 Å². The summed E-state index contributed by atoms with van der Waals surface area (Å²) in [4.78, 5) is 36.1. The molecule has 8 nitrogen and oxygen atoms in total. The number of rotatable bonds is 9. The standard InChI is InChI=1S/C29H34F3N3O5/c30-29(31,32)40-24-13-11-23(12-14-24)34-28(39)35-26(22-10-5-18-3-1-2-4-21(18)17-22)19-6-8-20(9-7-19)27(38)33-16-15-25(36)37/h6-9,11-14,18,21-22,26H,1-5,10,15-17H2,(H,33,38)(H,36,37)(H2,34,35,39). The summed E-state index contributed by atoms with van der Waals surface area (Å²) in [5.74, 6) is -0.249. The van der Waals surface area contributed by atoms with Gasteiger partial charge in [0.05, 0.1) is 12.5 Å². The first-order valence-electron chi connectivity index (χ1n) is 13.6. The van der Waals surface area contributed by atoms with Crippen molar-refractivity contribution in [3.05, 3.63) is 59.7 Å². The average Bonchev–Trinajstić information content (AvgIpc) is 2.91. The largest absolute Gasteiger partial charge is 0.573 e. The smallest absolute Gasteiger partial charge is 0.481 e. The highest BCUT2D eigenvalue weighted by Crippen LogP contribution is 2.46. The highest BCUT2D eigenvalue weighted by molar-refractivity contribution is 5.94. The van der Waals surface area contributed by atoms with Gasteiger partial charge in [-0.3, -0.25) is 9.59 Å². The van der Waals surface area contributed by atoms with E-state index in [1.54, 1.807) is 24.3 Å². The lowest BCUT2D eigenvalue weighted by atomic mass is 9.65. The predicted molar refractivity (Wildman–Crippen MR) is 142 cm³/mol. The first-order valence-corrected chi connectivity index (χ1v) is 13.6. The van der Waals surface area contributed by atoms with Gasteiger partial charge in [0.2, 0.25) is 0 Å². The number of nitrogens with one attached hydrogen (secondary N) is 3. The molecular weight excluding hydrogens is 527 g/mol. The van der Waals surface area contributed by atoms with Crippen molar-refractivity contribution in [3.8, 4) is 5.75 Å². The van der Waals surface area contributed by atoms with Crippen molar-refractivity contribution in [2.45, 2.75) is 63.8 Å². The van der Waals surface area contributed by atoms with Gasteiger partial charge in [-0.1, -0.05) is 37.8 Å². The maximum atomic E-state index is 13.0. The first-order chi connectivity index (χ1) is 19.1. The van der Waals surface area contributed by atoms with Crippen molar-refractivity contribution in [2.24, 2.45) is 17.8 Å². The van der Waals surface area contributed by atoms with Crippen LogP contribution in [0.4, 0.5) is 23.7 Å². The van der Waals surface area contributed by atoms with Crippen LogP contribution in [-0.4, -0.2) is 35.9 Å². The summed E-state index contributed by atoms with van der Waals surface area (Å²) in [5, 5.41) is 17.1. The molecule has 3 amide bonds. The number of carboxylic acid groups (broad SMARTS) is 1. The van der Waals surface area contributed by atoms with Crippen molar-refractivity contribution in [1.29, 1.82) is 0 Å². The normalized spacial score (nSPS) is 21.4. The molecule has 0 aromatic heterocycles. The number of halogens is 3. The molecule has 0 bridgehead atoms. The lowest BCUT2D eigenvalue weighted by molar-refractivity contribution is -0.274. The third kappa shape index (κ3) is 8.37. The van der Waals surface area contributed by atoms with Crippen LogP contribution in [0.3, 0.4) is 0 Å². The van der Waals surface area contributed by atoms with Gasteiger partial charge < -0.3 is 25.8 Å². The van der Waals surface area contributed by atoms with Crippen LogP contribution in [0.25, 0.3) is 0 Å². The Balaban J connectivity index is 1.46. The molecule has 11 heteroatoms. The molecule has 40 heavy (non-hydrogen) atoms. The van der Waals surface area contributed by atoms with Crippen molar-refractivity contribution < 1.29 is 37.4 Å². The molecule has 2 aliphatic carbocycles. The minimum atomic E-state index is -4.80. The van der Waals surface area contributed by atoms with Crippen LogP contribution in [-0.2, 0) is 4.79 Å². The number of carbonyl (C=O) groups excluding carboxylic acids is 2. The molecule has 4 N–H and O–H groups in total. The second-order valence-corrected chi connectivity index (χ2v) is 10.5. The predicted octanol–water partition coefficient (Wildman–Crippen LogP) is 6.26. The van der Waals surface area contributed by atoms with E-state index in [0.717, 1.165) is 37.0 Å². The summed E-state index contributed by atoms with van der Waals surface area (Å²) in [5.41, 5.74) is 1.54. The Kier molecular flexibility index (Phi) is 9.54. The van der Waals surface area contributed by atoms with Gasteiger partial charge in [-0.25, -0.2) is 4.79 Å². The van der Waals surface area contributed by atoms with Crippen LogP contribution < -0.4 is 20.7 Å². The molecule has 0 radical (unpaired) electrons. The van der Waals surface area contributed by atoms with Crippen LogP contribution in [0.1, 0.15) is 73.3 Å². The van der Waals surface area contributed by atoms with E-state index < -0.39 is 18.4 Å². The lowest BCUT2D eigenvalue weighted by Gasteiger charge is -2.42. The monoisotopic (exact) mass is 561 g/mol. The van der Waals surface area contributed by atoms with Crippen molar-refractivity contribution >= 4 is 23.6 Å². The van der Waals surface area contributed by atoms with Crippen LogP contribution in [0.5, 0.6) is 5.75 Å². The summed E-state index contributed by atoms with van der Waals surface area (Å²) in [6, 6.07) is 11.0. The van der Waals surface area contributed by atoms with Gasteiger partial charge in [0.25, 0.3) is 5.91 Å². The van der Waals surface area contributed by atoms with Crippen LogP contribution in [0.15, 0.2) is 48.5 Å². The number of urea groups is 1. The molecule has 0 heterocycles. The number of carbonyl (C=O) groups is 3. The number of ether oxygens (including phenoxy) is 1. The first kappa shape index (κ1) is 29.2. The molecular formula is C29H34F3N3O5. The van der Waals surface area contributed by atoms with E-state index >= 15 is 0 Å². The van der Waals surface area contributed by atoms with Gasteiger partial charge >= 0.3 is 18.4 Å². The number of carboxylic acids is 1. The molecule has 0 aliphatic heterocycles. The Labute approximate surface area is 230 Å². The second kappa shape index (κ2) is 13.1. The zero-order valence-corrected chi connectivity index (χ0v) is 22.0. The lowest BCUT2D eigenvalue weighted by Crippen LogP contribution is -2.40. The van der Waals surface area contributed by atoms with Crippen LogP contribution in [0.2, 0.25) is 0 Å². The Morgan fingerprint density at radius 2 is 1.60 bits per heavy atom. The molecule has 2 fully saturated rings. The van der Waals surface area contributed by atoms with Gasteiger partial charge in [-0.15, -0.1) is 13.2 Å². The molecule has 2 aromatic carbocycles. The minimum Gasteiger partial charge on any atom is -0.481 e. The average molecular weight is 562 g/mol. The van der Waals surface area contributed by atoms with Gasteiger partial charge in [-0.05, 0) is 79.0 Å². The molecule has 2 aliphatic rings. The number of fused-ring (bicyclic) bond motifs is 1. The molecule has 4 unspecified atom stereocenters. The molecule has 0 spiro atoms. The Bertz CT molecular complexity index is 1170. The number of aliphatic carboxylic acids is 1. The highest BCUT2D eigenvalue weighted by Gasteiger charge is 2.36. The summed E-state index contributed by atoms with van der Waals surface area (Å²) >= 11 is 0. The van der Waals surface area contributed by atoms with Gasteiger partial charge in [0.15, 0.2) is 0 Å². The third-order valence-electron chi connectivity index (χ3n) is 7.84. The fourth-order valence-corrected chi connectivity index (χ4v) is 5.96. The third-order valence-corrected chi connectivity index (χ3v) is 7.84. The van der Waals surface area contributed by atoms with E-state index in [0.29, 0.717) is 23.1 Å². The van der Waals surface area contributed by atoms with Gasteiger partial charge in [0, 0.05) is 17.8 Å². The summed E-state index contributed by atoms with van der Waals surface area (Å²) in [7, 11) is 0. The van der Waals surface area contributed by atoms with Crippen LogP contribution >= 0.6 is 0 Å². The number of alkyl halides is 3. The van der Waals surface area contributed by atoms with Gasteiger partial charge in [0.1, 0.15) is 5.75 Å². The van der Waals surface area contributed by atoms with E-state index in [9.17, 15) is 27.6 Å². The zero-order chi connectivity index (χ0) is 28.7. The highest BCUT2D eigenvalue weighted by atomic mass is 19.4. The number of anilines is 1. The summed E-state index contributed by atoms with van der Waals surface area (Å²) in [6.07, 6.45) is 2.96. The number of hydrogen-bond acceptors (Lipinski definition) is 4. The number of amides is 3. The SMILES string of the molecule is O=C(O)CCNC(=O)c1ccc(C(NC(=O)Nc2ccc(OC(F)(F)F)cc2)C2CCC3CCCCC3C2)cc1. The molecule has 2 saturated carbocycles. The number of hydrogen-bond donors (Lipinski definition) is 4. The zero-order valence-electron chi connectivity index (χ0n) is 22.0. The maximum absolute atomic E-state index is 13.0. The fraction of sp³-hybridized carbons (Fsp3) is 0.483. The second-order valence-electron chi connectivity index (χ2n) is 10.5. The molecule has 4 atom stereocenters. The Hall–Kier alpha value is -3.76. The van der Waals surface area contributed by atoms with Crippen molar-refractivity contribution in [1.82, 2.24) is 10.6 Å². The topological polar surface area (TPSA) is 117 Å². The molecule has 2 aromatic rings. The quantitative estimate of drug-likeness (QED) is 0.288. The van der Waals surface area contributed by atoms with E-state index in [1.165, 1.54) is 37.8 Å². The Morgan fingerprint density at radius 1 is 0.925 bits per heavy atom. The summed E-state index contributed by atoms with van der Waals surface area (Å²) < 4.78 is 41.2. The van der Waals surface area contributed by atoms with E-state index in [4.69, 9.17) is 5.11 Å². The minimum absolute atomic E-state index is 0.0220. The van der Waals surface area contributed by atoms with Crippen molar-refractivity contribution in [3.63, 3.8) is 0 Å². The Morgan fingerprint density at radius 3 is 2.25 bits per heavy atom. The summed E-state index contributed by atoms with van der Waals surface area (Å²) in [6.45, 7) is 0.0220. The molecule has 216 valence electrons. The fourth-order valence-electron chi connectivity index (χ4n) is 5.96. The molecule has 4 rings (SSSR count). The maximum Gasteiger partial charge on any atom is 0.573 e. The number of benzene rings is 2. The van der Waals surface area contributed by atoms with E-state index in [2.05, 4.69) is 20.7 Å². The van der Waals surface area contributed by atoms with Crippen LogP contribution in [0, 0.1) is 17.8 Å².